The molecule has 0 spiro atoms. The molecule has 0 bridgehead atoms. The number of rotatable bonds is 5. The van der Waals surface area contributed by atoms with Crippen LogP contribution in [0.25, 0.3) is 16.5 Å². The molecular weight excluding hydrogens is 302 g/mol. The van der Waals surface area contributed by atoms with Crippen LogP contribution in [-0.4, -0.2) is 19.2 Å². The van der Waals surface area contributed by atoms with Crippen LogP contribution in [0.15, 0.2) is 64.3 Å². The summed E-state index contributed by atoms with van der Waals surface area (Å²) in [5, 5.41) is 6.18. The zero-order valence-corrected chi connectivity index (χ0v) is 13.5. The molecule has 0 unspecified atom stereocenters. The first-order chi connectivity index (χ1) is 11.6. The Hall–Kier alpha value is -3.37. The number of aliphatic imine (C=N–C) groups is 1. The quantitative estimate of drug-likeness (QED) is 0.290. The number of hydrogen-bond acceptors (Lipinski definition) is 3. The number of carbonyl (C=O) groups excluding carboxylic acids is 1. The highest BCUT2D eigenvalue weighted by molar-refractivity contribution is 6.00. The molecule has 0 saturated carbocycles. The van der Waals surface area contributed by atoms with Crippen molar-refractivity contribution in [3.05, 3.63) is 81.4 Å². The van der Waals surface area contributed by atoms with Gasteiger partial charge in [-0.1, -0.05) is 59.2 Å². The first-order valence-corrected chi connectivity index (χ1v) is 7.32. The van der Waals surface area contributed by atoms with Gasteiger partial charge < -0.3 is 5.32 Å². The molecule has 0 saturated heterocycles. The molecule has 1 N–H and O–H groups in total. The van der Waals surface area contributed by atoms with Gasteiger partial charge >= 0.3 is 0 Å². The van der Waals surface area contributed by atoms with Crippen LogP contribution in [0.5, 0.6) is 0 Å². The first-order valence-electron chi connectivity index (χ1n) is 7.32. The Morgan fingerprint density at radius 3 is 2.54 bits per heavy atom. The molecule has 2 rings (SSSR count). The summed E-state index contributed by atoms with van der Waals surface area (Å²) >= 11 is 0. The Balaban J connectivity index is 2.38. The van der Waals surface area contributed by atoms with E-state index in [1.54, 1.807) is 37.4 Å². The summed E-state index contributed by atoms with van der Waals surface area (Å²) in [6.07, 6.45) is 3.21. The average Bonchev–Trinajstić information content (AvgIpc) is 2.61. The molecule has 2 aromatic carbocycles. The monoisotopic (exact) mass is 319 g/mol. The van der Waals surface area contributed by atoms with Crippen molar-refractivity contribution in [2.75, 3.05) is 7.05 Å². The lowest BCUT2D eigenvalue weighted by atomic mass is 10.1. The third-order valence-corrected chi connectivity index (χ3v) is 3.27. The van der Waals surface area contributed by atoms with Gasteiger partial charge in [-0.3, -0.25) is 9.79 Å². The Bertz CT molecular complexity index is 831. The van der Waals surface area contributed by atoms with Crippen LogP contribution in [0, 0.1) is 6.92 Å². The minimum atomic E-state index is -0.298. The molecule has 6 nitrogen and oxygen atoms in total. The summed E-state index contributed by atoms with van der Waals surface area (Å²) in [4.78, 5) is 19.1. The lowest BCUT2D eigenvalue weighted by molar-refractivity contribution is -0.116. The number of carbonyl (C=O) groups is 1. The van der Waals surface area contributed by atoms with Crippen molar-refractivity contribution in [3.8, 4) is 0 Å². The van der Waals surface area contributed by atoms with Gasteiger partial charge in [-0.15, -0.1) is 0 Å². The average molecular weight is 319 g/mol. The molecule has 0 atom stereocenters. The molecule has 6 heteroatoms. The van der Waals surface area contributed by atoms with E-state index >= 15 is 0 Å². The number of aryl methyl sites for hydroxylation is 1. The molecule has 2 aromatic rings. The maximum absolute atomic E-state index is 12.0. The lowest BCUT2D eigenvalue weighted by Gasteiger charge is -2.03. The largest absolute Gasteiger partial charge is 0.354 e. The van der Waals surface area contributed by atoms with Gasteiger partial charge in [0.1, 0.15) is 5.70 Å². The highest BCUT2D eigenvalue weighted by Gasteiger charge is 2.06. The van der Waals surface area contributed by atoms with Crippen LogP contribution >= 0.6 is 0 Å². The van der Waals surface area contributed by atoms with Crippen molar-refractivity contribution < 1.29 is 4.79 Å². The van der Waals surface area contributed by atoms with Gasteiger partial charge in [-0.2, -0.15) is 0 Å². The van der Waals surface area contributed by atoms with E-state index in [0.29, 0.717) is 11.3 Å². The van der Waals surface area contributed by atoms with E-state index in [1.165, 1.54) is 6.21 Å². The third kappa shape index (κ3) is 4.56. The Labute approximate surface area is 140 Å². The normalized spacial score (nSPS) is 11.2. The fraction of sp³-hybridized carbons (Fsp3) is 0.111. The van der Waals surface area contributed by atoms with Crippen molar-refractivity contribution in [3.63, 3.8) is 0 Å². The number of nitrogens with one attached hydrogen (secondary N) is 1. The predicted molar refractivity (Wildman–Crippen MR) is 96.1 cm³/mol. The van der Waals surface area contributed by atoms with Crippen LogP contribution in [0.1, 0.15) is 16.7 Å². The van der Waals surface area contributed by atoms with Crippen LogP contribution in [0.3, 0.4) is 0 Å². The molecular formula is C18H17N5O. The van der Waals surface area contributed by atoms with Crippen LogP contribution in [0.4, 0.5) is 5.69 Å². The predicted octanol–water partition coefficient (Wildman–Crippen LogP) is 4.14. The summed E-state index contributed by atoms with van der Waals surface area (Å²) in [5.74, 6) is -0.298. The maximum Gasteiger partial charge on any atom is 0.269 e. The molecule has 0 fully saturated rings. The molecule has 0 radical (unpaired) electrons. The molecule has 0 aliphatic heterocycles. The second-order valence-corrected chi connectivity index (χ2v) is 5.03. The summed E-state index contributed by atoms with van der Waals surface area (Å²) in [7, 11) is 1.55. The molecule has 0 aromatic heterocycles. The molecule has 24 heavy (non-hydrogen) atoms. The number of nitrogens with zero attached hydrogens (tertiary/aromatic N) is 4. The number of benzene rings is 2. The van der Waals surface area contributed by atoms with Crippen molar-refractivity contribution in [2.24, 2.45) is 10.1 Å². The summed E-state index contributed by atoms with van der Waals surface area (Å²) in [6.45, 7) is 2.00. The highest BCUT2D eigenvalue weighted by Crippen LogP contribution is 2.17. The fourth-order valence-electron chi connectivity index (χ4n) is 1.99. The van der Waals surface area contributed by atoms with Crippen LogP contribution in [0.2, 0.25) is 0 Å². The maximum atomic E-state index is 12.0. The molecule has 1 amide bonds. The summed E-state index contributed by atoms with van der Waals surface area (Å²) in [6, 6.07) is 14.8. The Kier molecular flexibility index (Phi) is 5.88. The highest BCUT2D eigenvalue weighted by atomic mass is 16.1. The molecule has 0 aliphatic carbocycles. The van der Waals surface area contributed by atoms with Crippen molar-refractivity contribution in [1.82, 2.24) is 5.32 Å². The van der Waals surface area contributed by atoms with Gasteiger partial charge in [0.2, 0.25) is 0 Å². The third-order valence-electron chi connectivity index (χ3n) is 3.27. The van der Waals surface area contributed by atoms with E-state index in [-0.39, 0.29) is 11.6 Å². The van der Waals surface area contributed by atoms with E-state index in [0.717, 1.165) is 11.1 Å². The van der Waals surface area contributed by atoms with Crippen molar-refractivity contribution in [1.29, 1.82) is 0 Å². The van der Waals surface area contributed by atoms with Gasteiger partial charge in [-0.05, 0) is 24.1 Å². The van der Waals surface area contributed by atoms with Gasteiger partial charge in [0.15, 0.2) is 0 Å². The molecule has 0 heterocycles. The van der Waals surface area contributed by atoms with Gasteiger partial charge in [-0.25, -0.2) is 0 Å². The van der Waals surface area contributed by atoms with Gasteiger partial charge in [0.05, 0.1) is 0 Å². The zero-order valence-electron chi connectivity index (χ0n) is 13.5. The van der Waals surface area contributed by atoms with Crippen LogP contribution < -0.4 is 5.32 Å². The molecule has 0 aliphatic rings. The van der Waals surface area contributed by atoms with E-state index in [4.69, 9.17) is 5.53 Å². The van der Waals surface area contributed by atoms with E-state index in [9.17, 15) is 4.79 Å². The summed E-state index contributed by atoms with van der Waals surface area (Å²) in [5.41, 5.74) is 12.0. The number of azide groups is 1. The fourth-order valence-corrected chi connectivity index (χ4v) is 1.99. The second kappa shape index (κ2) is 8.31. The van der Waals surface area contributed by atoms with E-state index in [2.05, 4.69) is 20.3 Å². The standard InChI is InChI=1S/C18H17N5O/c1-13-7-9-14(10-8-13)11-17(18(24)20-2)21-12-15-5-3-4-6-16(15)22-23-19/h3-12H,1-2H3,(H,20,24)/b17-11-,21-12?. The smallest absolute Gasteiger partial charge is 0.269 e. The SMILES string of the molecule is CNC(=O)/C(=C/c1ccc(C)cc1)N=Cc1ccccc1N=[N+]=[N-]. The van der Waals surface area contributed by atoms with Crippen molar-refractivity contribution >= 4 is 23.9 Å². The minimum absolute atomic E-state index is 0.261. The topological polar surface area (TPSA) is 90.2 Å². The second-order valence-electron chi connectivity index (χ2n) is 5.03. The zero-order chi connectivity index (χ0) is 17.4. The van der Waals surface area contributed by atoms with Crippen LogP contribution in [-0.2, 0) is 4.79 Å². The van der Waals surface area contributed by atoms with E-state index in [1.807, 2.05) is 31.2 Å². The minimum Gasteiger partial charge on any atom is -0.354 e. The Morgan fingerprint density at radius 1 is 1.17 bits per heavy atom. The van der Waals surface area contributed by atoms with Gasteiger partial charge in [0.25, 0.3) is 5.91 Å². The Morgan fingerprint density at radius 2 is 1.88 bits per heavy atom. The first kappa shape index (κ1) is 17.0. The molecule has 120 valence electrons. The number of hydrogen-bond donors (Lipinski definition) is 1. The summed E-state index contributed by atoms with van der Waals surface area (Å²) < 4.78 is 0. The lowest BCUT2D eigenvalue weighted by Crippen LogP contribution is -2.19. The number of likely N-dealkylation sites (N-methyl/N-ethyl adjacent to an activating group) is 1. The van der Waals surface area contributed by atoms with Gasteiger partial charge in [0, 0.05) is 29.4 Å². The van der Waals surface area contributed by atoms with Crippen molar-refractivity contribution in [2.45, 2.75) is 6.92 Å². The van der Waals surface area contributed by atoms with E-state index < -0.39 is 0 Å². The number of amides is 1.